The SMILES string of the molecule is COc1cc(C=C2CN(C)CC(c3ccncc3)C2=O)cc(OC)c1. The van der Waals surface area contributed by atoms with Crippen molar-refractivity contribution in [2.24, 2.45) is 0 Å². The van der Waals surface area contributed by atoms with Crippen molar-refractivity contribution < 1.29 is 14.3 Å². The number of methoxy groups -OCH3 is 2. The van der Waals surface area contributed by atoms with Gasteiger partial charge in [-0.05, 0) is 48.5 Å². The van der Waals surface area contributed by atoms with E-state index in [0.717, 1.165) is 16.7 Å². The zero-order valence-electron chi connectivity index (χ0n) is 14.7. The van der Waals surface area contributed by atoms with Crippen LogP contribution in [0.25, 0.3) is 6.08 Å². The van der Waals surface area contributed by atoms with E-state index in [1.165, 1.54) is 0 Å². The van der Waals surface area contributed by atoms with Crippen LogP contribution in [-0.2, 0) is 4.79 Å². The molecular weight excluding hydrogens is 316 g/mol. The van der Waals surface area contributed by atoms with E-state index in [-0.39, 0.29) is 11.7 Å². The molecular formula is C20H22N2O3. The number of likely N-dealkylation sites (N-methyl/N-ethyl adjacent to an activating group) is 1. The van der Waals surface area contributed by atoms with Crippen molar-refractivity contribution in [2.45, 2.75) is 5.92 Å². The minimum Gasteiger partial charge on any atom is -0.497 e. The molecule has 1 saturated heterocycles. The average Bonchev–Trinajstić information content (AvgIpc) is 2.64. The molecule has 0 bridgehead atoms. The third kappa shape index (κ3) is 3.88. The van der Waals surface area contributed by atoms with Gasteiger partial charge in [0.1, 0.15) is 11.5 Å². The van der Waals surface area contributed by atoms with E-state index in [1.54, 1.807) is 26.6 Å². The van der Waals surface area contributed by atoms with Gasteiger partial charge in [0.25, 0.3) is 0 Å². The molecule has 0 N–H and O–H groups in total. The van der Waals surface area contributed by atoms with Crippen LogP contribution >= 0.6 is 0 Å². The van der Waals surface area contributed by atoms with E-state index in [2.05, 4.69) is 9.88 Å². The summed E-state index contributed by atoms with van der Waals surface area (Å²) in [6.45, 7) is 1.33. The number of benzene rings is 1. The van der Waals surface area contributed by atoms with E-state index in [9.17, 15) is 4.79 Å². The lowest BCUT2D eigenvalue weighted by molar-refractivity contribution is -0.118. The van der Waals surface area contributed by atoms with Gasteiger partial charge in [0.2, 0.25) is 0 Å². The fraction of sp³-hybridized carbons (Fsp3) is 0.300. The molecule has 0 amide bonds. The fourth-order valence-electron chi connectivity index (χ4n) is 3.13. The number of Topliss-reactive ketones (excluding diaryl/α,β-unsaturated/α-hetero) is 1. The monoisotopic (exact) mass is 338 g/mol. The third-order valence-electron chi connectivity index (χ3n) is 4.39. The number of ketones is 1. The van der Waals surface area contributed by atoms with Crippen LogP contribution in [0.2, 0.25) is 0 Å². The average molecular weight is 338 g/mol. The summed E-state index contributed by atoms with van der Waals surface area (Å²) >= 11 is 0. The second-order valence-corrected chi connectivity index (χ2v) is 6.21. The number of carbonyl (C=O) groups is 1. The van der Waals surface area contributed by atoms with Gasteiger partial charge in [0.05, 0.1) is 20.1 Å². The first kappa shape index (κ1) is 17.2. The second-order valence-electron chi connectivity index (χ2n) is 6.21. The number of nitrogens with zero attached hydrogens (tertiary/aromatic N) is 2. The van der Waals surface area contributed by atoms with Crippen LogP contribution in [0.3, 0.4) is 0 Å². The summed E-state index contributed by atoms with van der Waals surface area (Å²) in [6.07, 6.45) is 5.39. The number of likely N-dealkylation sites (tertiary alicyclic amines) is 1. The number of hydrogen-bond donors (Lipinski definition) is 0. The topological polar surface area (TPSA) is 51.7 Å². The number of pyridine rings is 1. The molecule has 1 aliphatic rings. The Kier molecular flexibility index (Phi) is 5.14. The Hall–Kier alpha value is -2.66. The maximum atomic E-state index is 13.0. The highest BCUT2D eigenvalue weighted by atomic mass is 16.5. The van der Waals surface area contributed by atoms with Crippen molar-refractivity contribution >= 4 is 11.9 Å². The first-order chi connectivity index (χ1) is 12.1. The Bertz CT molecular complexity index is 765. The molecule has 2 aromatic rings. The minimum absolute atomic E-state index is 0.158. The zero-order valence-corrected chi connectivity index (χ0v) is 14.7. The van der Waals surface area contributed by atoms with E-state index >= 15 is 0 Å². The van der Waals surface area contributed by atoms with Gasteiger partial charge in [-0.3, -0.25) is 9.78 Å². The van der Waals surface area contributed by atoms with Gasteiger partial charge in [0, 0.05) is 37.1 Å². The normalized spacial score (nSPS) is 19.9. The predicted octanol–water partition coefficient (Wildman–Crippen LogP) is 2.78. The molecule has 1 aliphatic heterocycles. The molecule has 0 spiro atoms. The number of rotatable bonds is 4. The molecule has 5 heteroatoms. The molecule has 0 saturated carbocycles. The molecule has 1 atom stereocenters. The molecule has 0 aliphatic carbocycles. The highest BCUT2D eigenvalue weighted by Crippen LogP contribution is 2.29. The first-order valence-electron chi connectivity index (χ1n) is 8.17. The fourth-order valence-corrected chi connectivity index (χ4v) is 3.13. The van der Waals surface area contributed by atoms with Crippen molar-refractivity contribution in [1.82, 2.24) is 9.88 Å². The summed E-state index contributed by atoms with van der Waals surface area (Å²) < 4.78 is 10.6. The summed E-state index contributed by atoms with van der Waals surface area (Å²) in [7, 11) is 5.26. The van der Waals surface area contributed by atoms with Gasteiger partial charge in [-0.1, -0.05) is 0 Å². The maximum absolute atomic E-state index is 13.0. The van der Waals surface area contributed by atoms with Gasteiger partial charge < -0.3 is 14.4 Å². The van der Waals surface area contributed by atoms with E-state index < -0.39 is 0 Å². The Morgan fingerprint density at radius 3 is 2.36 bits per heavy atom. The summed E-state index contributed by atoms with van der Waals surface area (Å²) in [6, 6.07) is 9.44. The highest BCUT2D eigenvalue weighted by Gasteiger charge is 2.30. The Morgan fingerprint density at radius 1 is 1.12 bits per heavy atom. The zero-order chi connectivity index (χ0) is 17.8. The third-order valence-corrected chi connectivity index (χ3v) is 4.39. The van der Waals surface area contributed by atoms with Crippen LogP contribution in [0.15, 0.2) is 48.3 Å². The molecule has 1 unspecified atom stereocenters. The van der Waals surface area contributed by atoms with E-state index in [1.807, 2.05) is 43.5 Å². The van der Waals surface area contributed by atoms with Gasteiger partial charge >= 0.3 is 0 Å². The molecule has 5 nitrogen and oxygen atoms in total. The Morgan fingerprint density at radius 2 is 1.76 bits per heavy atom. The summed E-state index contributed by atoms with van der Waals surface area (Å²) in [5.41, 5.74) is 2.68. The van der Waals surface area contributed by atoms with E-state index in [0.29, 0.717) is 24.6 Å². The number of ether oxygens (including phenoxy) is 2. The molecule has 130 valence electrons. The van der Waals surface area contributed by atoms with Crippen molar-refractivity contribution in [3.8, 4) is 11.5 Å². The summed E-state index contributed by atoms with van der Waals surface area (Å²) in [5, 5.41) is 0. The van der Waals surface area contributed by atoms with Gasteiger partial charge in [-0.2, -0.15) is 0 Å². The van der Waals surface area contributed by atoms with Crippen molar-refractivity contribution in [1.29, 1.82) is 0 Å². The molecule has 25 heavy (non-hydrogen) atoms. The number of piperidine rings is 1. The first-order valence-corrected chi connectivity index (χ1v) is 8.17. The van der Waals surface area contributed by atoms with Crippen LogP contribution in [0.4, 0.5) is 0 Å². The molecule has 1 aromatic heterocycles. The smallest absolute Gasteiger partial charge is 0.168 e. The van der Waals surface area contributed by atoms with Crippen LogP contribution in [0.5, 0.6) is 11.5 Å². The number of hydrogen-bond acceptors (Lipinski definition) is 5. The van der Waals surface area contributed by atoms with Gasteiger partial charge in [-0.25, -0.2) is 0 Å². The van der Waals surface area contributed by atoms with Gasteiger partial charge in [-0.15, -0.1) is 0 Å². The highest BCUT2D eigenvalue weighted by molar-refractivity contribution is 6.05. The van der Waals surface area contributed by atoms with Crippen molar-refractivity contribution in [3.05, 3.63) is 59.4 Å². The lowest BCUT2D eigenvalue weighted by Gasteiger charge is -2.30. The maximum Gasteiger partial charge on any atom is 0.168 e. The van der Waals surface area contributed by atoms with Crippen molar-refractivity contribution in [3.63, 3.8) is 0 Å². The Labute approximate surface area is 147 Å². The molecule has 0 radical (unpaired) electrons. The van der Waals surface area contributed by atoms with Crippen LogP contribution in [0, 0.1) is 0 Å². The standard InChI is InChI=1S/C20H22N2O3/c1-22-12-16(8-14-9-17(24-2)11-18(10-14)25-3)20(23)19(13-22)15-4-6-21-7-5-15/h4-11,19H,12-13H2,1-3H3. The minimum atomic E-state index is -0.166. The lowest BCUT2D eigenvalue weighted by Crippen LogP contribution is -2.38. The largest absolute Gasteiger partial charge is 0.497 e. The molecule has 1 aromatic carbocycles. The van der Waals surface area contributed by atoms with Crippen LogP contribution in [0.1, 0.15) is 17.0 Å². The van der Waals surface area contributed by atoms with Gasteiger partial charge in [0.15, 0.2) is 5.78 Å². The van der Waals surface area contributed by atoms with Crippen LogP contribution in [-0.4, -0.2) is 50.0 Å². The Balaban J connectivity index is 1.95. The second kappa shape index (κ2) is 7.49. The lowest BCUT2D eigenvalue weighted by atomic mass is 9.86. The number of carbonyl (C=O) groups excluding carboxylic acids is 1. The quantitative estimate of drug-likeness (QED) is 0.803. The predicted molar refractivity (Wildman–Crippen MR) is 97.0 cm³/mol. The van der Waals surface area contributed by atoms with Crippen molar-refractivity contribution in [2.75, 3.05) is 34.4 Å². The molecule has 2 heterocycles. The van der Waals surface area contributed by atoms with E-state index in [4.69, 9.17) is 9.47 Å². The summed E-state index contributed by atoms with van der Waals surface area (Å²) in [4.78, 5) is 19.2. The summed E-state index contributed by atoms with van der Waals surface area (Å²) in [5.74, 6) is 1.40. The number of aromatic nitrogens is 1. The molecule has 1 fully saturated rings. The molecule has 3 rings (SSSR count). The van der Waals surface area contributed by atoms with Crippen LogP contribution < -0.4 is 9.47 Å².